The zero-order valence-electron chi connectivity index (χ0n) is 11.3. The van der Waals surface area contributed by atoms with Crippen LogP contribution in [-0.4, -0.2) is 37.8 Å². The van der Waals surface area contributed by atoms with E-state index in [0.29, 0.717) is 0 Å². The van der Waals surface area contributed by atoms with Crippen molar-refractivity contribution in [3.05, 3.63) is 0 Å². The van der Waals surface area contributed by atoms with Crippen molar-refractivity contribution in [3.8, 4) is 0 Å². The molecule has 0 aliphatic carbocycles. The maximum Gasteiger partial charge on any atom is 0.458 e. The van der Waals surface area contributed by atoms with Gasteiger partial charge in [-0.1, -0.05) is 0 Å². The Hall–Kier alpha value is -0.0951. The van der Waals surface area contributed by atoms with Gasteiger partial charge >= 0.3 is 7.12 Å². The van der Waals surface area contributed by atoms with Crippen molar-refractivity contribution < 1.29 is 18.8 Å². The minimum absolute atomic E-state index is 0.0808. The van der Waals surface area contributed by atoms with Gasteiger partial charge in [0.05, 0.1) is 24.4 Å². The molecule has 0 amide bonds. The smallest absolute Gasteiger partial charge is 0.403 e. The molecule has 0 unspecified atom stereocenters. The molecule has 0 radical (unpaired) electrons. The van der Waals surface area contributed by atoms with Gasteiger partial charge in [-0.3, -0.25) is 0 Å². The average Bonchev–Trinajstić information content (AvgIpc) is 2.46. The van der Waals surface area contributed by atoms with E-state index in [1.54, 1.807) is 0 Å². The van der Waals surface area contributed by atoms with Crippen LogP contribution in [0.1, 0.15) is 40.5 Å². The highest BCUT2D eigenvalue weighted by atomic mass is 16.7. The predicted octanol–water partition coefficient (Wildman–Crippen LogP) is 2.23. The van der Waals surface area contributed by atoms with Crippen molar-refractivity contribution in [2.75, 3.05) is 13.2 Å². The Morgan fingerprint density at radius 1 is 1.00 bits per heavy atom. The van der Waals surface area contributed by atoms with Gasteiger partial charge in [-0.05, 0) is 46.9 Å². The van der Waals surface area contributed by atoms with E-state index in [0.717, 1.165) is 32.4 Å². The minimum Gasteiger partial charge on any atom is -0.403 e. The Labute approximate surface area is 104 Å². The topological polar surface area (TPSA) is 36.9 Å². The van der Waals surface area contributed by atoms with Crippen LogP contribution in [0, 0.1) is 0 Å². The number of hydrogen-bond donors (Lipinski definition) is 0. The lowest BCUT2D eigenvalue weighted by atomic mass is 9.83. The normalized spacial score (nSPS) is 28.6. The summed E-state index contributed by atoms with van der Waals surface area (Å²) >= 11 is 0. The summed E-state index contributed by atoms with van der Waals surface area (Å²) in [5, 5.41) is 0. The first-order chi connectivity index (χ1) is 7.91. The molecule has 2 aliphatic rings. The highest BCUT2D eigenvalue weighted by Gasteiger charge is 2.50. The summed E-state index contributed by atoms with van der Waals surface area (Å²) < 4.78 is 22.9. The fraction of sp³-hybridized carbons (Fsp3) is 1.00. The predicted molar refractivity (Wildman–Crippen MR) is 65.8 cm³/mol. The van der Waals surface area contributed by atoms with E-state index in [-0.39, 0.29) is 24.6 Å². The maximum atomic E-state index is 5.92. The number of hydrogen-bond acceptors (Lipinski definition) is 4. The molecule has 0 aromatic rings. The molecular formula is C12H23BO4. The Morgan fingerprint density at radius 3 is 2.06 bits per heavy atom. The summed E-state index contributed by atoms with van der Waals surface area (Å²) in [6, 6.07) is 0. The maximum absolute atomic E-state index is 5.92. The van der Waals surface area contributed by atoms with Crippen molar-refractivity contribution >= 4 is 7.12 Å². The van der Waals surface area contributed by atoms with E-state index in [4.69, 9.17) is 18.8 Å². The second-order valence-electron chi connectivity index (χ2n) is 5.79. The highest BCUT2D eigenvalue weighted by molar-refractivity contribution is 6.45. The number of ether oxygens (including phenoxy) is 2. The van der Waals surface area contributed by atoms with Crippen LogP contribution in [0.2, 0.25) is 6.32 Å². The van der Waals surface area contributed by atoms with Crippen LogP contribution in [0.4, 0.5) is 0 Å². The van der Waals surface area contributed by atoms with E-state index in [2.05, 4.69) is 27.7 Å². The Bertz CT molecular complexity index is 245. The average molecular weight is 242 g/mol. The SMILES string of the molecule is CC1(C)OB(CCC2OCCCO2)OC1(C)C. The molecule has 0 aromatic carbocycles. The molecular weight excluding hydrogens is 219 g/mol. The summed E-state index contributed by atoms with van der Waals surface area (Å²) in [5.41, 5.74) is -0.488. The molecule has 17 heavy (non-hydrogen) atoms. The Balaban J connectivity index is 1.77. The van der Waals surface area contributed by atoms with Crippen LogP contribution in [0.15, 0.2) is 0 Å². The third-order valence-corrected chi connectivity index (χ3v) is 3.84. The van der Waals surface area contributed by atoms with Gasteiger partial charge in [0.25, 0.3) is 0 Å². The molecule has 0 saturated carbocycles. The lowest BCUT2D eigenvalue weighted by Gasteiger charge is -2.32. The van der Waals surface area contributed by atoms with Crippen molar-refractivity contribution in [1.29, 1.82) is 0 Å². The molecule has 2 aliphatic heterocycles. The first-order valence-electron chi connectivity index (χ1n) is 6.49. The van der Waals surface area contributed by atoms with Crippen LogP contribution >= 0.6 is 0 Å². The van der Waals surface area contributed by atoms with Crippen molar-refractivity contribution in [3.63, 3.8) is 0 Å². The molecule has 4 nitrogen and oxygen atoms in total. The van der Waals surface area contributed by atoms with Gasteiger partial charge < -0.3 is 18.8 Å². The standard InChI is InChI=1S/C12H23BO4/c1-11(2)12(3,4)17-13(16-11)7-6-10-14-8-5-9-15-10/h10H,5-9H2,1-4H3. The molecule has 5 heteroatoms. The molecule has 0 spiro atoms. The van der Waals surface area contributed by atoms with E-state index in [1.807, 2.05) is 0 Å². The van der Waals surface area contributed by atoms with E-state index < -0.39 is 0 Å². The quantitative estimate of drug-likeness (QED) is 0.711. The summed E-state index contributed by atoms with van der Waals surface area (Å²) in [6.45, 7) is 9.88. The zero-order valence-corrected chi connectivity index (χ0v) is 11.3. The molecule has 0 N–H and O–H groups in total. The van der Waals surface area contributed by atoms with Crippen LogP contribution in [0.5, 0.6) is 0 Å². The van der Waals surface area contributed by atoms with Crippen molar-refractivity contribution in [2.24, 2.45) is 0 Å². The van der Waals surface area contributed by atoms with Crippen LogP contribution in [0.25, 0.3) is 0 Å². The number of rotatable bonds is 3. The van der Waals surface area contributed by atoms with Gasteiger partial charge in [0, 0.05) is 0 Å². The third kappa shape index (κ3) is 3.02. The van der Waals surface area contributed by atoms with E-state index in [1.165, 1.54) is 0 Å². The minimum atomic E-state index is -0.244. The van der Waals surface area contributed by atoms with Gasteiger partial charge in [0.1, 0.15) is 0 Å². The van der Waals surface area contributed by atoms with Gasteiger partial charge in [0.2, 0.25) is 0 Å². The van der Waals surface area contributed by atoms with Gasteiger partial charge in [-0.15, -0.1) is 0 Å². The molecule has 0 atom stereocenters. The molecule has 2 saturated heterocycles. The van der Waals surface area contributed by atoms with E-state index >= 15 is 0 Å². The Kier molecular flexibility index (Phi) is 3.83. The fourth-order valence-electron chi connectivity index (χ4n) is 2.06. The zero-order chi connectivity index (χ0) is 12.5. The second-order valence-corrected chi connectivity index (χ2v) is 5.79. The molecule has 0 aromatic heterocycles. The van der Waals surface area contributed by atoms with Crippen molar-refractivity contribution in [2.45, 2.75) is 64.3 Å². The van der Waals surface area contributed by atoms with Crippen LogP contribution < -0.4 is 0 Å². The molecule has 2 heterocycles. The summed E-state index contributed by atoms with van der Waals surface area (Å²) in [7, 11) is -0.144. The Morgan fingerprint density at radius 2 is 1.53 bits per heavy atom. The summed E-state index contributed by atoms with van der Waals surface area (Å²) in [4.78, 5) is 0. The summed E-state index contributed by atoms with van der Waals surface area (Å²) in [5.74, 6) is 0. The van der Waals surface area contributed by atoms with E-state index in [9.17, 15) is 0 Å². The monoisotopic (exact) mass is 242 g/mol. The first-order valence-corrected chi connectivity index (χ1v) is 6.49. The first kappa shape index (κ1) is 13.3. The van der Waals surface area contributed by atoms with Crippen LogP contribution in [0.3, 0.4) is 0 Å². The van der Waals surface area contributed by atoms with Crippen molar-refractivity contribution in [1.82, 2.24) is 0 Å². The molecule has 98 valence electrons. The van der Waals surface area contributed by atoms with Gasteiger partial charge in [-0.25, -0.2) is 0 Å². The fourth-order valence-corrected chi connectivity index (χ4v) is 2.06. The highest BCUT2D eigenvalue weighted by Crippen LogP contribution is 2.38. The molecule has 0 bridgehead atoms. The van der Waals surface area contributed by atoms with Crippen LogP contribution in [-0.2, 0) is 18.8 Å². The lowest BCUT2D eigenvalue weighted by molar-refractivity contribution is -0.179. The van der Waals surface area contributed by atoms with Gasteiger partial charge in [0.15, 0.2) is 6.29 Å². The third-order valence-electron chi connectivity index (χ3n) is 3.84. The van der Waals surface area contributed by atoms with Gasteiger partial charge in [-0.2, -0.15) is 0 Å². The largest absolute Gasteiger partial charge is 0.458 e. The summed E-state index contributed by atoms with van der Waals surface area (Å²) in [6.07, 6.45) is 2.56. The second kappa shape index (κ2) is 4.88. The lowest BCUT2D eigenvalue weighted by Crippen LogP contribution is -2.41. The molecule has 2 rings (SSSR count). The molecule has 2 fully saturated rings.